The first-order chi connectivity index (χ1) is 23.9. The Hall–Kier alpha value is -3.80. The van der Waals surface area contributed by atoms with Gasteiger partial charge in [-0.3, -0.25) is 24.3 Å². The number of fused-ring (bicyclic) bond motifs is 6. The Morgan fingerprint density at radius 1 is 1.10 bits per heavy atom. The standard InChI is InChI=1S/C35H40N2O13/c1-15(39)13-36-22(14-38)35(44)11-18-25(31(43)27-26(29(18)41)28(40)17-6-5-7-20(45-3)24(17)30(27)42)21(12-35)49-23-10-19-32(16(2)48-23)50-33-34(46-4)47-9-8-37(19)33/h5-7,16,19,21,23,32-34,38,41,43-44H,8-14H2,1-4H3/t16-,19-,21-,23-,32+,33+,34-,35-/m0/s1. The molecule has 0 saturated carbocycles. The lowest BCUT2D eigenvalue weighted by Gasteiger charge is -2.44. The Morgan fingerprint density at radius 3 is 2.56 bits per heavy atom. The predicted molar refractivity (Wildman–Crippen MR) is 172 cm³/mol. The average molecular weight is 697 g/mol. The Labute approximate surface area is 287 Å². The summed E-state index contributed by atoms with van der Waals surface area (Å²) >= 11 is 0. The van der Waals surface area contributed by atoms with Gasteiger partial charge in [-0.2, -0.15) is 0 Å². The zero-order chi connectivity index (χ0) is 35.6. The first-order valence-electron chi connectivity index (χ1n) is 16.5. The van der Waals surface area contributed by atoms with E-state index in [2.05, 4.69) is 9.89 Å². The molecule has 3 heterocycles. The summed E-state index contributed by atoms with van der Waals surface area (Å²) in [6.45, 7) is 3.10. The number of Topliss-reactive ketones (excluding diaryl/α,β-unsaturated/α-hetero) is 1. The van der Waals surface area contributed by atoms with Crippen LogP contribution in [0.1, 0.15) is 75.8 Å². The molecule has 50 heavy (non-hydrogen) atoms. The molecule has 3 fully saturated rings. The van der Waals surface area contributed by atoms with Crippen molar-refractivity contribution in [1.29, 1.82) is 0 Å². The summed E-state index contributed by atoms with van der Waals surface area (Å²) in [5.74, 6) is -2.88. The van der Waals surface area contributed by atoms with Crippen LogP contribution in [0.15, 0.2) is 23.2 Å². The number of carbonyl (C=O) groups is 3. The van der Waals surface area contributed by atoms with E-state index in [0.29, 0.717) is 19.6 Å². The monoisotopic (exact) mass is 696 g/mol. The predicted octanol–water partition coefficient (Wildman–Crippen LogP) is 1.17. The Kier molecular flexibility index (Phi) is 9.05. The van der Waals surface area contributed by atoms with Crippen LogP contribution in [-0.2, 0) is 34.9 Å². The van der Waals surface area contributed by atoms with Gasteiger partial charge in [-0.05, 0) is 19.9 Å². The topological polar surface area (TPSA) is 203 Å². The molecule has 268 valence electrons. The highest BCUT2D eigenvalue weighted by molar-refractivity contribution is 6.31. The van der Waals surface area contributed by atoms with Crippen molar-refractivity contribution < 1.29 is 63.2 Å². The van der Waals surface area contributed by atoms with Crippen molar-refractivity contribution in [3.63, 3.8) is 0 Å². The second kappa shape index (κ2) is 13.1. The fourth-order valence-corrected chi connectivity index (χ4v) is 8.10. The number of phenols is 2. The number of ether oxygens (including phenoxy) is 6. The summed E-state index contributed by atoms with van der Waals surface area (Å²) in [6.07, 6.45) is -4.48. The van der Waals surface area contributed by atoms with E-state index in [1.165, 1.54) is 32.2 Å². The maximum Gasteiger partial charge on any atom is 0.202 e. The van der Waals surface area contributed by atoms with Crippen LogP contribution in [0.2, 0.25) is 0 Å². The number of hydrogen-bond donors (Lipinski definition) is 4. The minimum Gasteiger partial charge on any atom is -0.507 e. The SMILES string of the molecule is COc1cccc2c1C(=O)c1c(O)c3c(c(O)c1C2=O)C[C@@](O)(C(CO)=NCC(C)=O)C[C@@H]3O[C@H]1C[C@H]2[C@H](O[C@@H]3[C@@H](OC)OCCN32)[C@H](C)O1. The number of phenolic OH excluding ortho intramolecular Hbond substituents is 2. The zero-order valence-corrected chi connectivity index (χ0v) is 28.1. The van der Waals surface area contributed by atoms with E-state index in [1.807, 2.05) is 6.92 Å². The molecule has 0 bridgehead atoms. The fourth-order valence-electron chi connectivity index (χ4n) is 8.10. The van der Waals surface area contributed by atoms with Crippen LogP contribution in [0.3, 0.4) is 0 Å². The van der Waals surface area contributed by atoms with Crippen LogP contribution in [0.25, 0.3) is 0 Å². The maximum atomic E-state index is 14.0. The molecule has 0 amide bonds. The molecule has 0 radical (unpaired) electrons. The third-order valence-corrected chi connectivity index (χ3v) is 10.4. The number of rotatable bonds is 8. The second-order valence-corrected chi connectivity index (χ2v) is 13.3. The van der Waals surface area contributed by atoms with E-state index >= 15 is 0 Å². The van der Waals surface area contributed by atoms with E-state index in [4.69, 9.17) is 28.4 Å². The molecule has 2 aliphatic carbocycles. The van der Waals surface area contributed by atoms with Crippen LogP contribution < -0.4 is 4.74 Å². The smallest absolute Gasteiger partial charge is 0.202 e. The molecular formula is C35H40N2O13. The van der Waals surface area contributed by atoms with E-state index in [9.17, 15) is 34.8 Å². The van der Waals surface area contributed by atoms with Gasteiger partial charge in [0.2, 0.25) is 5.78 Å². The summed E-state index contributed by atoms with van der Waals surface area (Å²) < 4.78 is 35.7. The molecule has 5 aliphatic rings. The second-order valence-electron chi connectivity index (χ2n) is 13.3. The van der Waals surface area contributed by atoms with E-state index in [-0.39, 0.29) is 64.6 Å². The van der Waals surface area contributed by atoms with Crippen LogP contribution in [0.4, 0.5) is 0 Å². The first kappa shape index (κ1) is 34.6. The van der Waals surface area contributed by atoms with Crippen molar-refractivity contribution in [1.82, 2.24) is 4.90 Å². The molecule has 7 rings (SSSR count). The molecule has 3 aliphatic heterocycles. The number of morpholine rings is 1. The van der Waals surface area contributed by atoms with Gasteiger partial charge in [0.15, 0.2) is 30.4 Å². The van der Waals surface area contributed by atoms with Gasteiger partial charge in [0, 0.05) is 55.6 Å². The molecule has 2 aromatic carbocycles. The number of aliphatic hydroxyl groups excluding tert-OH is 1. The number of ketones is 3. The third kappa shape index (κ3) is 5.43. The zero-order valence-electron chi connectivity index (χ0n) is 28.1. The quantitative estimate of drug-likeness (QED) is 0.193. The number of nitrogens with zero attached hydrogens (tertiary/aromatic N) is 2. The molecule has 15 nitrogen and oxygen atoms in total. The number of carbonyl (C=O) groups excluding carboxylic acids is 3. The van der Waals surface area contributed by atoms with Gasteiger partial charge in [-0.15, -0.1) is 0 Å². The number of aromatic hydroxyl groups is 2. The summed E-state index contributed by atoms with van der Waals surface area (Å²) in [5, 5.41) is 46.2. The molecule has 0 aromatic heterocycles. The summed E-state index contributed by atoms with van der Waals surface area (Å²) in [6, 6.07) is 4.30. The van der Waals surface area contributed by atoms with Crippen LogP contribution >= 0.6 is 0 Å². The van der Waals surface area contributed by atoms with Crippen LogP contribution in [0.5, 0.6) is 17.2 Å². The van der Waals surface area contributed by atoms with E-state index in [1.54, 1.807) is 7.11 Å². The number of aliphatic hydroxyl groups is 2. The summed E-state index contributed by atoms with van der Waals surface area (Å²) in [7, 11) is 2.89. The van der Waals surface area contributed by atoms with Crippen molar-refractivity contribution in [3.05, 3.63) is 51.6 Å². The molecule has 8 atom stereocenters. The largest absolute Gasteiger partial charge is 0.507 e. The highest BCUT2D eigenvalue weighted by Gasteiger charge is 2.55. The fraction of sp³-hybridized carbons (Fsp3) is 0.543. The van der Waals surface area contributed by atoms with Crippen molar-refractivity contribution in [2.24, 2.45) is 4.99 Å². The van der Waals surface area contributed by atoms with Gasteiger partial charge in [0.05, 0.1) is 61.5 Å². The van der Waals surface area contributed by atoms with Crippen molar-refractivity contribution in [2.75, 3.05) is 40.5 Å². The maximum absolute atomic E-state index is 14.0. The van der Waals surface area contributed by atoms with E-state index < -0.39 is 83.8 Å². The van der Waals surface area contributed by atoms with Gasteiger partial charge >= 0.3 is 0 Å². The lowest BCUT2D eigenvalue weighted by atomic mass is 9.71. The molecule has 3 saturated heterocycles. The third-order valence-electron chi connectivity index (χ3n) is 10.4. The van der Waals surface area contributed by atoms with Crippen LogP contribution in [-0.4, -0.2) is 132 Å². The van der Waals surface area contributed by atoms with Crippen LogP contribution in [0, 0.1) is 0 Å². The van der Waals surface area contributed by atoms with Gasteiger partial charge in [0.25, 0.3) is 0 Å². The Bertz CT molecular complexity index is 1780. The average Bonchev–Trinajstić information content (AvgIpc) is 3.47. The van der Waals surface area contributed by atoms with Gasteiger partial charge in [-0.1, -0.05) is 12.1 Å². The van der Waals surface area contributed by atoms with Crippen molar-refractivity contribution >= 4 is 23.1 Å². The van der Waals surface area contributed by atoms with Gasteiger partial charge < -0.3 is 48.8 Å². The van der Waals surface area contributed by atoms with Gasteiger partial charge in [0.1, 0.15) is 29.0 Å². The summed E-state index contributed by atoms with van der Waals surface area (Å²) in [4.78, 5) is 46.0. The van der Waals surface area contributed by atoms with Crippen molar-refractivity contribution in [3.8, 4) is 17.2 Å². The van der Waals surface area contributed by atoms with E-state index in [0.717, 1.165) is 0 Å². The lowest BCUT2D eigenvalue weighted by molar-refractivity contribution is -0.255. The number of aliphatic imine (C=N–C) groups is 1. The highest BCUT2D eigenvalue weighted by Crippen LogP contribution is 2.53. The molecule has 15 heteroatoms. The summed E-state index contributed by atoms with van der Waals surface area (Å²) in [5.41, 5.74) is -3.16. The molecular weight excluding hydrogens is 656 g/mol. The molecule has 4 N–H and O–H groups in total. The number of benzene rings is 2. The number of hydrogen-bond acceptors (Lipinski definition) is 15. The minimum atomic E-state index is -2.00. The Balaban J connectivity index is 1.32. The lowest BCUT2D eigenvalue weighted by Crippen LogP contribution is -2.55. The van der Waals surface area contributed by atoms with Gasteiger partial charge in [-0.25, -0.2) is 0 Å². The highest BCUT2D eigenvalue weighted by atomic mass is 16.7. The first-order valence-corrected chi connectivity index (χ1v) is 16.5. The van der Waals surface area contributed by atoms with Crippen molar-refractivity contribution in [2.45, 2.75) is 81.9 Å². The normalized spacial score (nSPS) is 32.1. The molecule has 0 unspecified atom stereocenters. The Morgan fingerprint density at radius 2 is 1.86 bits per heavy atom. The number of methoxy groups -OCH3 is 2. The minimum absolute atomic E-state index is 0.0148. The molecule has 2 aromatic rings. The molecule has 0 spiro atoms.